The van der Waals surface area contributed by atoms with E-state index in [0.717, 1.165) is 18.6 Å². The van der Waals surface area contributed by atoms with Crippen molar-refractivity contribution in [3.05, 3.63) is 29.8 Å². The molecule has 0 unspecified atom stereocenters. The van der Waals surface area contributed by atoms with Gasteiger partial charge in [0.15, 0.2) is 0 Å². The second-order valence-corrected chi connectivity index (χ2v) is 5.37. The average Bonchev–Trinajstić information content (AvgIpc) is 3.18. The predicted octanol–water partition coefficient (Wildman–Crippen LogP) is 2.30. The number of carbonyl (C=O) groups excluding carboxylic acids is 1. The first-order chi connectivity index (χ1) is 8.81. The lowest BCUT2D eigenvalue weighted by molar-refractivity contribution is -0.122. The van der Waals surface area contributed by atoms with Crippen LogP contribution < -0.4 is 10.1 Å². The number of hydrogen-bond acceptors (Lipinski definition) is 2. The highest BCUT2D eigenvalue weighted by atomic mass is 16.5. The van der Waals surface area contributed by atoms with E-state index in [-0.39, 0.29) is 11.9 Å². The zero-order chi connectivity index (χ0) is 12.4. The summed E-state index contributed by atoms with van der Waals surface area (Å²) in [6.07, 6.45) is 5.08. The molecule has 0 bridgehead atoms. The lowest BCUT2D eigenvalue weighted by Crippen LogP contribution is -2.38. The normalized spacial score (nSPS) is 22.6. The molecule has 0 aromatic heterocycles. The maximum Gasteiger partial charge on any atom is 0.220 e. The molecule has 1 heterocycles. The molecule has 1 aliphatic carbocycles. The van der Waals surface area contributed by atoms with Crippen LogP contribution in [0, 0.1) is 5.92 Å². The molecule has 1 saturated carbocycles. The Morgan fingerprint density at radius 2 is 2.11 bits per heavy atom. The molecule has 0 spiro atoms. The van der Waals surface area contributed by atoms with Gasteiger partial charge in [0.1, 0.15) is 12.4 Å². The van der Waals surface area contributed by atoms with Crippen molar-refractivity contribution in [2.45, 2.75) is 38.1 Å². The van der Waals surface area contributed by atoms with Crippen LogP contribution in [-0.2, 0) is 11.2 Å². The van der Waals surface area contributed by atoms with Crippen molar-refractivity contribution in [2.24, 2.45) is 5.92 Å². The van der Waals surface area contributed by atoms with E-state index in [1.54, 1.807) is 0 Å². The van der Waals surface area contributed by atoms with E-state index in [1.807, 2.05) is 18.2 Å². The Kier molecular flexibility index (Phi) is 3.22. The Balaban J connectivity index is 1.55. The van der Waals surface area contributed by atoms with Gasteiger partial charge in [-0.25, -0.2) is 0 Å². The molecule has 1 atom stereocenters. The molecular formula is C15H19NO2. The molecule has 0 radical (unpaired) electrons. The van der Waals surface area contributed by atoms with Crippen molar-refractivity contribution < 1.29 is 9.53 Å². The second-order valence-electron chi connectivity index (χ2n) is 5.37. The number of ether oxygens (including phenoxy) is 1. The maximum atomic E-state index is 11.8. The largest absolute Gasteiger partial charge is 0.491 e. The molecular weight excluding hydrogens is 226 g/mol. The summed E-state index contributed by atoms with van der Waals surface area (Å²) >= 11 is 0. The fourth-order valence-corrected chi connectivity index (χ4v) is 2.44. The highest BCUT2D eigenvalue weighted by Gasteiger charge is 2.26. The molecule has 1 N–H and O–H groups in total. The standard InChI is InChI=1S/C15H19NO2/c17-15(9-11-5-6-11)16-13-8-7-12-3-1-2-4-14(12)18-10-13/h1-4,11,13H,5-10H2,(H,16,17)/t13-/m1/s1. The molecule has 96 valence electrons. The van der Waals surface area contributed by atoms with Gasteiger partial charge in [0, 0.05) is 6.42 Å². The van der Waals surface area contributed by atoms with E-state index in [0.29, 0.717) is 18.9 Å². The maximum absolute atomic E-state index is 11.8. The van der Waals surface area contributed by atoms with Crippen LogP contribution in [0.3, 0.4) is 0 Å². The van der Waals surface area contributed by atoms with Crippen LogP contribution in [0.4, 0.5) is 0 Å². The number of carbonyl (C=O) groups is 1. The summed E-state index contributed by atoms with van der Waals surface area (Å²) in [6.45, 7) is 0.591. The van der Waals surface area contributed by atoms with Crippen LogP contribution in [0.1, 0.15) is 31.2 Å². The van der Waals surface area contributed by atoms with Gasteiger partial charge in [-0.1, -0.05) is 18.2 Å². The zero-order valence-electron chi connectivity index (χ0n) is 10.5. The Labute approximate surface area is 108 Å². The zero-order valence-corrected chi connectivity index (χ0v) is 10.5. The van der Waals surface area contributed by atoms with Crippen molar-refractivity contribution >= 4 is 5.91 Å². The minimum Gasteiger partial charge on any atom is -0.491 e. The topological polar surface area (TPSA) is 38.3 Å². The number of amides is 1. The summed E-state index contributed by atoms with van der Waals surface area (Å²) in [4.78, 5) is 11.8. The van der Waals surface area contributed by atoms with Crippen LogP contribution in [0.25, 0.3) is 0 Å². The van der Waals surface area contributed by atoms with Gasteiger partial charge < -0.3 is 10.1 Å². The Hall–Kier alpha value is -1.51. The highest BCUT2D eigenvalue weighted by molar-refractivity contribution is 5.76. The molecule has 2 aliphatic rings. The molecule has 1 aromatic rings. The third kappa shape index (κ3) is 2.84. The molecule has 3 heteroatoms. The summed E-state index contributed by atoms with van der Waals surface area (Å²) in [7, 11) is 0. The molecule has 0 saturated heterocycles. The molecule has 3 nitrogen and oxygen atoms in total. The first-order valence-corrected chi connectivity index (χ1v) is 6.81. The van der Waals surface area contributed by atoms with E-state index in [4.69, 9.17) is 4.74 Å². The molecule has 1 aromatic carbocycles. The Bertz CT molecular complexity index is 413. The van der Waals surface area contributed by atoms with Crippen molar-refractivity contribution in [2.75, 3.05) is 6.61 Å². The fourth-order valence-electron chi connectivity index (χ4n) is 2.44. The number of nitrogens with one attached hydrogen (secondary N) is 1. The number of hydrogen-bond donors (Lipinski definition) is 1. The van der Waals surface area contributed by atoms with Crippen LogP contribution in [0.2, 0.25) is 0 Å². The quantitative estimate of drug-likeness (QED) is 0.887. The van der Waals surface area contributed by atoms with Crippen molar-refractivity contribution in [1.82, 2.24) is 5.32 Å². The van der Waals surface area contributed by atoms with E-state index in [2.05, 4.69) is 11.4 Å². The van der Waals surface area contributed by atoms with Gasteiger partial charge in [-0.3, -0.25) is 4.79 Å². The summed E-state index contributed by atoms with van der Waals surface area (Å²) in [6, 6.07) is 8.29. The number of rotatable bonds is 3. The van der Waals surface area contributed by atoms with E-state index in [9.17, 15) is 4.79 Å². The molecule has 1 aliphatic heterocycles. The van der Waals surface area contributed by atoms with Crippen molar-refractivity contribution in [1.29, 1.82) is 0 Å². The smallest absolute Gasteiger partial charge is 0.220 e. The number of fused-ring (bicyclic) bond motifs is 1. The van der Waals surface area contributed by atoms with Gasteiger partial charge >= 0.3 is 0 Å². The predicted molar refractivity (Wildman–Crippen MR) is 69.5 cm³/mol. The van der Waals surface area contributed by atoms with Gasteiger partial charge in [-0.15, -0.1) is 0 Å². The lowest BCUT2D eigenvalue weighted by atomic mass is 10.1. The SMILES string of the molecule is O=C(CC1CC1)N[C@@H]1CCc2ccccc2OC1. The number of benzene rings is 1. The summed E-state index contributed by atoms with van der Waals surface area (Å²) in [5.74, 6) is 1.81. The fraction of sp³-hybridized carbons (Fsp3) is 0.533. The van der Waals surface area contributed by atoms with Gasteiger partial charge in [0.25, 0.3) is 0 Å². The Morgan fingerprint density at radius 3 is 2.94 bits per heavy atom. The third-order valence-electron chi connectivity index (χ3n) is 3.71. The van der Waals surface area contributed by atoms with Gasteiger partial charge in [-0.05, 0) is 43.2 Å². The van der Waals surface area contributed by atoms with Crippen LogP contribution in [-0.4, -0.2) is 18.6 Å². The summed E-state index contributed by atoms with van der Waals surface area (Å²) in [5.41, 5.74) is 1.25. The molecule has 1 fully saturated rings. The summed E-state index contributed by atoms with van der Waals surface area (Å²) < 4.78 is 5.77. The molecule has 1 amide bonds. The Morgan fingerprint density at radius 1 is 1.28 bits per heavy atom. The van der Waals surface area contributed by atoms with Gasteiger partial charge in [0.05, 0.1) is 6.04 Å². The highest BCUT2D eigenvalue weighted by Crippen LogP contribution is 2.32. The third-order valence-corrected chi connectivity index (χ3v) is 3.71. The lowest BCUT2D eigenvalue weighted by Gasteiger charge is -2.16. The van der Waals surface area contributed by atoms with Gasteiger partial charge in [-0.2, -0.15) is 0 Å². The number of aryl methyl sites for hydroxylation is 1. The van der Waals surface area contributed by atoms with E-state index in [1.165, 1.54) is 18.4 Å². The second kappa shape index (κ2) is 5.01. The van der Waals surface area contributed by atoms with Crippen LogP contribution in [0.15, 0.2) is 24.3 Å². The van der Waals surface area contributed by atoms with Crippen molar-refractivity contribution in [3.63, 3.8) is 0 Å². The first-order valence-electron chi connectivity index (χ1n) is 6.81. The first kappa shape index (κ1) is 11.6. The van der Waals surface area contributed by atoms with E-state index >= 15 is 0 Å². The molecule has 3 rings (SSSR count). The van der Waals surface area contributed by atoms with Crippen molar-refractivity contribution in [3.8, 4) is 5.75 Å². The molecule has 18 heavy (non-hydrogen) atoms. The van der Waals surface area contributed by atoms with E-state index < -0.39 is 0 Å². The van der Waals surface area contributed by atoms with Gasteiger partial charge in [0.2, 0.25) is 5.91 Å². The van der Waals surface area contributed by atoms with Crippen LogP contribution >= 0.6 is 0 Å². The minimum absolute atomic E-state index is 0.156. The van der Waals surface area contributed by atoms with Crippen LogP contribution in [0.5, 0.6) is 5.75 Å². The minimum atomic E-state index is 0.156. The average molecular weight is 245 g/mol. The summed E-state index contributed by atoms with van der Waals surface area (Å²) in [5, 5.41) is 3.10. The number of para-hydroxylation sites is 1. The monoisotopic (exact) mass is 245 g/mol.